The molecular weight excluding hydrogens is 184 g/mol. The Kier molecular flexibility index (Phi) is 4.12. The Morgan fingerprint density at radius 3 is 2.69 bits per heavy atom. The molecule has 0 fully saturated rings. The molecule has 0 saturated carbocycles. The molecule has 1 atom stereocenters. The van der Waals surface area contributed by atoms with Crippen molar-refractivity contribution in [2.75, 3.05) is 5.75 Å². The zero-order valence-electron chi connectivity index (χ0n) is 7.66. The molecule has 13 heavy (non-hydrogen) atoms. The maximum Gasteiger partial charge on any atom is 0.0142 e. The van der Waals surface area contributed by atoms with Gasteiger partial charge in [0.15, 0.2) is 0 Å². The van der Waals surface area contributed by atoms with Gasteiger partial charge in [-0.05, 0) is 24.0 Å². The number of hydrogen-bond acceptors (Lipinski definition) is 2. The maximum absolute atomic E-state index is 10.3. The fourth-order valence-corrected chi connectivity index (χ4v) is 1.61. The molecule has 0 N–H and O–H groups in total. The van der Waals surface area contributed by atoms with Crippen LogP contribution in [0.1, 0.15) is 18.1 Å². The van der Waals surface area contributed by atoms with Gasteiger partial charge in [0.1, 0.15) is 0 Å². The molecule has 0 aliphatic carbocycles. The summed E-state index contributed by atoms with van der Waals surface area (Å²) < 4.78 is 20.7. The third-order valence-corrected chi connectivity index (χ3v) is 2.49. The minimum absolute atomic E-state index is 0.215. The molecule has 1 aromatic rings. The van der Waals surface area contributed by atoms with Crippen LogP contribution in [0.25, 0.3) is 0 Å². The van der Waals surface area contributed by atoms with Gasteiger partial charge in [0.25, 0.3) is 0 Å². The summed E-state index contributed by atoms with van der Waals surface area (Å²) in [7, 11) is 0. The van der Waals surface area contributed by atoms with Crippen LogP contribution < -0.4 is 0 Å². The van der Waals surface area contributed by atoms with E-state index in [0.29, 0.717) is 6.42 Å². The number of rotatable bonds is 4. The van der Waals surface area contributed by atoms with Crippen molar-refractivity contribution >= 4 is 11.1 Å². The monoisotopic (exact) mass is 197 g/mol. The van der Waals surface area contributed by atoms with Crippen LogP contribution in [0, 0.1) is 0 Å². The molecule has 0 heterocycles. The van der Waals surface area contributed by atoms with Crippen LogP contribution in [0.4, 0.5) is 0 Å². The van der Waals surface area contributed by atoms with E-state index in [1.54, 1.807) is 0 Å². The Morgan fingerprint density at radius 1 is 1.38 bits per heavy atom. The van der Waals surface area contributed by atoms with Crippen molar-refractivity contribution < 1.29 is 8.76 Å². The predicted molar refractivity (Wildman–Crippen MR) is 53.3 cm³/mol. The van der Waals surface area contributed by atoms with Gasteiger partial charge in [0.2, 0.25) is 0 Å². The van der Waals surface area contributed by atoms with E-state index in [2.05, 4.69) is 19.1 Å². The average Bonchev–Trinajstić information content (AvgIpc) is 2.15. The summed E-state index contributed by atoms with van der Waals surface area (Å²) in [6.45, 7) is 2.09. The minimum atomic E-state index is -1.92. The highest BCUT2D eigenvalue weighted by Gasteiger charge is 1.94. The molecule has 0 radical (unpaired) electrons. The van der Waals surface area contributed by atoms with Crippen LogP contribution in [0.5, 0.6) is 0 Å². The van der Waals surface area contributed by atoms with Crippen LogP contribution in [0.2, 0.25) is 0 Å². The normalized spacial score (nSPS) is 12.8. The summed E-state index contributed by atoms with van der Waals surface area (Å²) in [6.07, 6.45) is 1.61. The molecule has 1 aromatic carbocycles. The van der Waals surface area contributed by atoms with Gasteiger partial charge in [0.05, 0.1) is 0 Å². The lowest BCUT2D eigenvalue weighted by Gasteiger charge is -2.05. The molecule has 0 bridgehead atoms. The smallest absolute Gasteiger partial charge is 0.0142 e. The van der Waals surface area contributed by atoms with E-state index in [9.17, 15) is 8.76 Å². The summed E-state index contributed by atoms with van der Waals surface area (Å²) in [4.78, 5) is 0. The molecule has 72 valence electrons. The maximum atomic E-state index is 10.3. The quantitative estimate of drug-likeness (QED) is 0.689. The van der Waals surface area contributed by atoms with Gasteiger partial charge in [-0.1, -0.05) is 42.3 Å². The average molecular weight is 197 g/mol. The third-order valence-electron chi connectivity index (χ3n) is 1.96. The molecule has 1 unspecified atom stereocenters. The molecule has 3 heteroatoms. The first-order chi connectivity index (χ1) is 6.22. The molecule has 0 aromatic heterocycles. The molecule has 0 aliphatic rings. The van der Waals surface area contributed by atoms with E-state index in [0.717, 1.165) is 12.0 Å². The van der Waals surface area contributed by atoms with E-state index in [1.807, 2.05) is 12.1 Å². The van der Waals surface area contributed by atoms with Crippen molar-refractivity contribution in [3.8, 4) is 0 Å². The highest BCUT2D eigenvalue weighted by molar-refractivity contribution is 7.79. The number of aryl methyl sites for hydroxylation is 2. The van der Waals surface area contributed by atoms with Crippen molar-refractivity contribution in [3.63, 3.8) is 0 Å². The van der Waals surface area contributed by atoms with Crippen molar-refractivity contribution in [1.82, 2.24) is 0 Å². The van der Waals surface area contributed by atoms with Gasteiger partial charge in [-0.2, -0.15) is 0 Å². The molecular formula is C10H13O2S-. The highest BCUT2D eigenvalue weighted by atomic mass is 32.2. The van der Waals surface area contributed by atoms with Crippen LogP contribution in [0.3, 0.4) is 0 Å². The summed E-state index contributed by atoms with van der Waals surface area (Å²) in [5, 5.41) is 0. The number of benzene rings is 1. The Bertz CT molecular complexity index is 297. The first-order valence-electron chi connectivity index (χ1n) is 4.36. The van der Waals surface area contributed by atoms with E-state index in [1.165, 1.54) is 5.56 Å². The Morgan fingerprint density at radius 2 is 2.08 bits per heavy atom. The van der Waals surface area contributed by atoms with Crippen molar-refractivity contribution in [3.05, 3.63) is 35.4 Å². The largest absolute Gasteiger partial charge is 0.772 e. The SMILES string of the molecule is CCc1cccc(CCS(=O)[O-])c1. The Hall–Kier alpha value is -0.670. The van der Waals surface area contributed by atoms with E-state index in [-0.39, 0.29) is 5.75 Å². The fraction of sp³-hybridized carbons (Fsp3) is 0.400. The zero-order valence-corrected chi connectivity index (χ0v) is 8.47. The van der Waals surface area contributed by atoms with Gasteiger partial charge in [-0.15, -0.1) is 0 Å². The second kappa shape index (κ2) is 5.14. The fourth-order valence-electron chi connectivity index (χ4n) is 1.21. The lowest BCUT2D eigenvalue weighted by Crippen LogP contribution is -1.99. The predicted octanol–water partition coefficient (Wildman–Crippen LogP) is 1.67. The third kappa shape index (κ3) is 3.70. The summed E-state index contributed by atoms with van der Waals surface area (Å²) >= 11 is -1.92. The van der Waals surface area contributed by atoms with E-state index in [4.69, 9.17) is 0 Å². The minimum Gasteiger partial charge on any atom is -0.772 e. The summed E-state index contributed by atoms with van der Waals surface area (Å²) in [5.74, 6) is 0.215. The Labute approximate surface area is 81.3 Å². The molecule has 2 nitrogen and oxygen atoms in total. The van der Waals surface area contributed by atoms with Crippen LogP contribution in [-0.2, 0) is 23.9 Å². The standard InChI is InChI=1S/C10H14O2S/c1-2-9-4-3-5-10(8-9)6-7-13(11)12/h3-5,8H,2,6-7H2,1H3,(H,11,12)/p-1. The summed E-state index contributed by atoms with van der Waals surface area (Å²) in [6, 6.07) is 8.05. The Balaban J connectivity index is 2.61. The van der Waals surface area contributed by atoms with Crippen molar-refractivity contribution in [2.45, 2.75) is 19.8 Å². The van der Waals surface area contributed by atoms with Crippen molar-refractivity contribution in [2.24, 2.45) is 0 Å². The topological polar surface area (TPSA) is 40.1 Å². The van der Waals surface area contributed by atoms with Crippen molar-refractivity contribution in [1.29, 1.82) is 0 Å². The van der Waals surface area contributed by atoms with Crippen LogP contribution >= 0.6 is 0 Å². The highest BCUT2D eigenvalue weighted by Crippen LogP contribution is 2.06. The van der Waals surface area contributed by atoms with Gasteiger partial charge >= 0.3 is 0 Å². The molecule has 0 spiro atoms. The molecule has 0 saturated heterocycles. The second-order valence-electron chi connectivity index (χ2n) is 2.93. The van der Waals surface area contributed by atoms with Gasteiger partial charge < -0.3 is 4.55 Å². The first kappa shape index (κ1) is 10.4. The zero-order chi connectivity index (χ0) is 9.68. The second-order valence-corrected chi connectivity index (χ2v) is 3.95. The lowest BCUT2D eigenvalue weighted by atomic mass is 10.1. The van der Waals surface area contributed by atoms with Gasteiger partial charge in [-0.3, -0.25) is 4.21 Å². The van der Waals surface area contributed by atoms with E-state index >= 15 is 0 Å². The van der Waals surface area contributed by atoms with E-state index < -0.39 is 11.1 Å². The lowest BCUT2D eigenvalue weighted by molar-refractivity contribution is 0.536. The molecule has 0 amide bonds. The first-order valence-corrected chi connectivity index (χ1v) is 5.60. The molecule has 1 rings (SSSR count). The van der Waals surface area contributed by atoms with Gasteiger partial charge in [0, 0.05) is 5.75 Å². The van der Waals surface area contributed by atoms with Crippen LogP contribution in [0.15, 0.2) is 24.3 Å². The van der Waals surface area contributed by atoms with Gasteiger partial charge in [-0.25, -0.2) is 0 Å². The van der Waals surface area contributed by atoms with Crippen LogP contribution in [-0.4, -0.2) is 14.5 Å². The summed E-state index contributed by atoms with van der Waals surface area (Å²) in [5.41, 5.74) is 2.36. The number of hydrogen-bond donors (Lipinski definition) is 0. The molecule has 0 aliphatic heterocycles.